The molecule has 1 heterocycles. The molecular formula is C14H12ClFN2O2. The van der Waals surface area contributed by atoms with Gasteiger partial charge in [-0.05, 0) is 18.2 Å². The van der Waals surface area contributed by atoms with Crippen molar-refractivity contribution in [1.82, 2.24) is 4.98 Å². The van der Waals surface area contributed by atoms with Crippen LogP contribution in [0, 0.1) is 5.82 Å². The third kappa shape index (κ3) is 3.05. The van der Waals surface area contributed by atoms with E-state index in [9.17, 15) is 9.18 Å². The zero-order chi connectivity index (χ0) is 14.7. The molecule has 20 heavy (non-hydrogen) atoms. The summed E-state index contributed by atoms with van der Waals surface area (Å²) in [7, 11) is 1.70. The van der Waals surface area contributed by atoms with Crippen molar-refractivity contribution in [1.29, 1.82) is 0 Å². The third-order valence-corrected chi connectivity index (χ3v) is 3.10. The number of carbonyl (C=O) groups is 1. The number of halogens is 2. The van der Waals surface area contributed by atoms with Crippen LogP contribution in [0.1, 0.15) is 16.1 Å². The maximum atomic E-state index is 13.6. The van der Waals surface area contributed by atoms with E-state index in [-0.39, 0.29) is 23.1 Å². The molecule has 6 heteroatoms. The van der Waals surface area contributed by atoms with Crippen LogP contribution < -0.4 is 4.90 Å². The number of carboxylic acid groups (broad SMARTS) is 1. The molecule has 0 spiro atoms. The van der Waals surface area contributed by atoms with E-state index in [0.717, 1.165) is 0 Å². The molecule has 2 rings (SSSR count). The molecule has 0 fully saturated rings. The van der Waals surface area contributed by atoms with Gasteiger partial charge in [0.2, 0.25) is 0 Å². The summed E-state index contributed by atoms with van der Waals surface area (Å²) in [5, 5.41) is 9.05. The second kappa shape index (κ2) is 5.88. The van der Waals surface area contributed by atoms with Crippen molar-refractivity contribution >= 4 is 23.4 Å². The molecule has 0 aliphatic heterocycles. The molecule has 104 valence electrons. The second-order valence-electron chi connectivity index (χ2n) is 4.25. The van der Waals surface area contributed by atoms with Gasteiger partial charge in [-0.1, -0.05) is 29.8 Å². The van der Waals surface area contributed by atoms with Gasteiger partial charge in [0.15, 0.2) is 5.69 Å². The molecule has 1 aromatic heterocycles. The lowest BCUT2D eigenvalue weighted by atomic mass is 10.2. The predicted molar refractivity (Wildman–Crippen MR) is 74.7 cm³/mol. The Morgan fingerprint density at radius 1 is 1.35 bits per heavy atom. The lowest BCUT2D eigenvalue weighted by molar-refractivity contribution is 0.0691. The van der Waals surface area contributed by atoms with Gasteiger partial charge in [0.05, 0.1) is 5.02 Å². The number of carboxylic acids is 1. The topological polar surface area (TPSA) is 53.4 Å². The lowest BCUT2D eigenvalue weighted by Gasteiger charge is -2.19. The van der Waals surface area contributed by atoms with E-state index in [2.05, 4.69) is 4.98 Å². The zero-order valence-electron chi connectivity index (χ0n) is 10.7. The quantitative estimate of drug-likeness (QED) is 0.941. The number of hydrogen-bond donors (Lipinski definition) is 1. The van der Waals surface area contributed by atoms with Crippen LogP contribution in [0.5, 0.6) is 0 Å². The molecule has 0 amide bonds. The van der Waals surface area contributed by atoms with Crippen molar-refractivity contribution < 1.29 is 14.3 Å². The Labute approximate surface area is 120 Å². The first-order valence-electron chi connectivity index (χ1n) is 5.83. The Bertz CT molecular complexity index is 649. The molecule has 0 radical (unpaired) electrons. The Hall–Kier alpha value is -2.14. The van der Waals surface area contributed by atoms with E-state index in [0.29, 0.717) is 11.4 Å². The van der Waals surface area contributed by atoms with Crippen LogP contribution in [0.15, 0.2) is 36.4 Å². The first-order chi connectivity index (χ1) is 9.49. The maximum Gasteiger partial charge on any atom is 0.356 e. The van der Waals surface area contributed by atoms with Gasteiger partial charge in [-0.15, -0.1) is 0 Å². The van der Waals surface area contributed by atoms with Crippen LogP contribution >= 0.6 is 11.6 Å². The molecule has 0 aliphatic rings. The molecule has 4 nitrogen and oxygen atoms in total. The standard InChI is InChI=1S/C14H12ClFN2O2/c1-18(8-9-4-2-3-5-11(9)16)12-7-6-10(15)13(17-12)14(19)20/h2-7H,8H2,1H3,(H,19,20). The summed E-state index contributed by atoms with van der Waals surface area (Å²) in [6.45, 7) is 0.278. The highest BCUT2D eigenvalue weighted by molar-refractivity contribution is 6.33. The first kappa shape index (κ1) is 14.3. The van der Waals surface area contributed by atoms with Crippen molar-refractivity contribution in [2.75, 3.05) is 11.9 Å². The highest BCUT2D eigenvalue weighted by atomic mass is 35.5. The summed E-state index contributed by atoms with van der Waals surface area (Å²) in [6, 6.07) is 9.45. The summed E-state index contributed by atoms with van der Waals surface area (Å²) < 4.78 is 13.6. The number of anilines is 1. The zero-order valence-corrected chi connectivity index (χ0v) is 11.4. The molecule has 1 aromatic carbocycles. The van der Waals surface area contributed by atoms with Gasteiger partial charge in [-0.3, -0.25) is 0 Å². The molecule has 0 atom stereocenters. The minimum Gasteiger partial charge on any atom is -0.476 e. The van der Waals surface area contributed by atoms with E-state index in [1.54, 1.807) is 36.2 Å². The molecule has 0 bridgehead atoms. The Kier molecular flexibility index (Phi) is 4.20. The average molecular weight is 295 g/mol. The van der Waals surface area contributed by atoms with Crippen molar-refractivity contribution in [3.05, 3.63) is 58.5 Å². The van der Waals surface area contributed by atoms with Crippen LogP contribution in [0.4, 0.5) is 10.2 Å². The van der Waals surface area contributed by atoms with Crippen molar-refractivity contribution in [3.63, 3.8) is 0 Å². The largest absolute Gasteiger partial charge is 0.476 e. The summed E-state index contributed by atoms with van der Waals surface area (Å²) in [5.74, 6) is -1.10. The predicted octanol–water partition coefficient (Wildman–Crippen LogP) is 3.21. The molecule has 0 saturated carbocycles. The van der Waals surface area contributed by atoms with Crippen molar-refractivity contribution in [2.45, 2.75) is 6.54 Å². The van der Waals surface area contributed by atoms with Gasteiger partial charge in [-0.2, -0.15) is 0 Å². The Balaban J connectivity index is 2.26. The fraction of sp³-hybridized carbons (Fsp3) is 0.143. The Morgan fingerprint density at radius 3 is 2.70 bits per heavy atom. The van der Waals surface area contributed by atoms with Crippen LogP contribution in [-0.4, -0.2) is 23.1 Å². The van der Waals surface area contributed by atoms with Crippen molar-refractivity contribution in [3.8, 4) is 0 Å². The number of aromatic carboxylic acids is 1. The summed E-state index contributed by atoms with van der Waals surface area (Å²) in [5.41, 5.74) is 0.285. The fourth-order valence-corrected chi connectivity index (χ4v) is 1.94. The maximum absolute atomic E-state index is 13.6. The van der Waals surface area contributed by atoms with E-state index in [1.807, 2.05) is 0 Å². The monoisotopic (exact) mass is 294 g/mol. The number of nitrogens with zero attached hydrogens (tertiary/aromatic N) is 2. The third-order valence-electron chi connectivity index (χ3n) is 2.79. The van der Waals surface area contributed by atoms with E-state index >= 15 is 0 Å². The molecule has 0 saturated heterocycles. The van der Waals surface area contributed by atoms with E-state index < -0.39 is 5.97 Å². The molecular weight excluding hydrogens is 283 g/mol. The van der Waals surface area contributed by atoms with Gasteiger partial charge in [0.25, 0.3) is 0 Å². The lowest BCUT2D eigenvalue weighted by Crippen LogP contribution is -2.19. The summed E-state index contributed by atoms with van der Waals surface area (Å²) in [4.78, 5) is 16.6. The number of benzene rings is 1. The van der Waals surface area contributed by atoms with Crippen LogP contribution in [-0.2, 0) is 6.54 Å². The number of hydrogen-bond acceptors (Lipinski definition) is 3. The summed E-state index contributed by atoms with van der Waals surface area (Å²) in [6.07, 6.45) is 0. The molecule has 0 unspecified atom stereocenters. The summed E-state index contributed by atoms with van der Waals surface area (Å²) >= 11 is 5.76. The highest BCUT2D eigenvalue weighted by Gasteiger charge is 2.14. The smallest absolute Gasteiger partial charge is 0.356 e. The van der Waals surface area contributed by atoms with E-state index in [1.165, 1.54) is 12.1 Å². The minimum absolute atomic E-state index is 0.0699. The van der Waals surface area contributed by atoms with Gasteiger partial charge >= 0.3 is 5.97 Å². The molecule has 1 N–H and O–H groups in total. The molecule has 0 aliphatic carbocycles. The van der Waals surface area contributed by atoms with Crippen LogP contribution in [0.2, 0.25) is 5.02 Å². The van der Waals surface area contributed by atoms with Gasteiger partial charge in [0, 0.05) is 19.2 Å². The van der Waals surface area contributed by atoms with Gasteiger partial charge < -0.3 is 10.0 Å². The van der Waals surface area contributed by atoms with Gasteiger partial charge in [-0.25, -0.2) is 14.2 Å². The first-order valence-corrected chi connectivity index (χ1v) is 6.21. The number of pyridine rings is 1. The van der Waals surface area contributed by atoms with Crippen molar-refractivity contribution in [2.24, 2.45) is 0 Å². The number of rotatable bonds is 4. The minimum atomic E-state index is -1.20. The normalized spacial score (nSPS) is 10.3. The van der Waals surface area contributed by atoms with Crippen LogP contribution in [0.25, 0.3) is 0 Å². The van der Waals surface area contributed by atoms with Crippen LogP contribution in [0.3, 0.4) is 0 Å². The SMILES string of the molecule is CN(Cc1ccccc1F)c1ccc(Cl)c(C(=O)O)n1. The second-order valence-corrected chi connectivity index (χ2v) is 4.66. The Morgan fingerprint density at radius 2 is 2.05 bits per heavy atom. The highest BCUT2D eigenvalue weighted by Crippen LogP contribution is 2.20. The van der Waals surface area contributed by atoms with E-state index in [4.69, 9.17) is 16.7 Å². The molecule has 2 aromatic rings. The average Bonchev–Trinajstić information content (AvgIpc) is 2.41. The fourth-order valence-electron chi connectivity index (χ4n) is 1.76. The number of aromatic nitrogens is 1. The van der Waals surface area contributed by atoms with Gasteiger partial charge in [0.1, 0.15) is 11.6 Å².